The van der Waals surface area contributed by atoms with Gasteiger partial charge in [0, 0.05) is 11.9 Å². The molecule has 1 aromatic carbocycles. The average Bonchev–Trinajstić information content (AvgIpc) is 2.82. The summed E-state index contributed by atoms with van der Waals surface area (Å²) >= 11 is 0. The summed E-state index contributed by atoms with van der Waals surface area (Å²) in [5.41, 5.74) is 4.16. The zero-order valence-corrected chi connectivity index (χ0v) is 18.2. The maximum absolute atomic E-state index is 12.3. The molecule has 11 nitrogen and oxygen atoms in total. The Kier molecular flexibility index (Phi) is 7.58. The predicted octanol–water partition coefficient (Wildman–Crippen LogP) is 1.42. The van der Waals surface area contributed by atoms with E-state index in [1.54, 1.807) is 49.5 Å². The zero-order chi connectivity index (χ0) is 23.8. The van der Waals surface area contributed by atoms with Crippen LogP contribution in [0.3, 0.4) is 0 Å². The maximum atomic E-state index is 12.3. The van der Waals surface area contributed by atoms with E-state index in [0.717, 1.165) is 0 Å². The number of esters is 1. The Morgan fingerprint density at radius 1 is 1.21 bits per heavy atom. The number of methoxy groups -OCH3 is 2. The first-order valence-electron chi connectivity index (χ1n) is 9.83. The van der Waals surface area contributed by atoms with Crippen LogP contribution in [0.5, 0.6) is 11.5 Å². The number of rotatable bonds is 8. The molecule has 0 saturated carbocycles. The normalized spacial score (nSPS) is 15.5. The second-order valence-electron chi connectivity index (χ2n) is 6.81. The van der Waals surface area contributed by atoms with Gasteiger partial charge >= 0.3 is 12.0 Å². The van der Waals surface area contributed by atoms with Gasteiger partial charge in [0.1, 0.15) is 0 Å². The highest BCUT2D eigenvalue weighted by Crippen LogP contribution is 2.34. The van der Waals surface area contributed by atoms with Crippen molar-refractivity contribution in [2.24, 2.45) is 5.10 Å². The van der Waals surface area contributed by atoms with Gasteiger partial charge in [0.2, 0.25) is 0 Å². The summed E-state index contributed by atoms with van der Waals surface area (Å²) in [5, 5.41) is 9.08. The van der Waals surface area contributed by atoms with E-state index in [2.05, 4.69) is 26.1 Å². The van der Waals surface area contributed by atoms with Crippen LogP contribution in [0.25, 0.3) is 0 Å². The minimum absolute atomic E-state index is 0.262. The Morgan fingerprint density at radius 2 is 2.03 bits per heavy atom. The molecular weight excluding hydrogens is 430 g/mol. The molecule has 0 radical (unpaired) electrons. The first-order chi connectivity index (χ1) is 15.9. The standard InChI is InChI=1S/C22H23N5O6/c1-13-19(21(29)32-3)20(26-22(30)25-13)14-7-8-16(17(10-14)31-2)33-12-18(28)27-24-11-15-6-4-5-9-23-15/h4-11,20H,12H2,1-3H3,(H,27,28)(H2,25,26,30). The Balaban J connectivity index is 1.70. The molecule has 11 heteroatoms. The highest BCUT2D eigenvalue weighted by molar-refractivity contribution is 5.95. The third-order valence-electron chi connectivity index (χ3n) is 4.63. The van der Waals surface area contributed by atoms with E-state index in [0.29, 0.717) is 28.5 Å². The molecule has 1 unspecified atom stereocenters. The Hall–Kier alpha value is -4.41. The van der Waals surface area contributed by atoms with Crippen LogP contribution in [-0.2, 0) is 14.3 Å². The summed E-state index contributed by atoms with van der Waals surface area (Å²) in [6, 6.07) is 8.96. The first kappa shape index (κ1) is 23.3. The molecule has 2 heterocycles. The largest absolute Gasteiger partial charge is 0.493 e. The van der Waals surface area contributed by atoms with Crippen LogP contribution < -0.4 is 25.5 Å². The van der Waals surface area contributed by atoms with Gasteiger partial charge in [-0.1, -0.05) is 12.1 Å². The average molecular weight is 453 g/mol. The molecule has 2 aromatic rings. The number of pyridine rings is 1. The monoisotopic (exact) mass is 453 g/mol. The third kappa shape index (κ3) is 5.85. The number of urea groups is 1. The summed E-state index contributed by atoms with van der Waals surface area (Å²) < 4.78 is 15.8. The van der Waals surface area contributed by atoms with Gasteiger partial charge in [-0.3, -0.25) is 9.78 Å². The van der Waals surface area contributed by atoms with Gasteiger partial charge in [-0.25, -0.2) is 15.0 Å². The molecule has 0 bridgehead atoms. The van der Waals surface area contributed by atoms with Crippen molar-refractivity contribution in [3.63, 3.8) is 0 Å². The summed E-state index contributed by atoms with van der Waals surface area (Å²) in [6.07, 6.45) is 3.03. The van der Waals surface area contributed by atoms with E-state index in [1.165, 1.54) is 20.4 Å². The van der Waals surface area contributed by atoms with Gasteiger partial charge in [-0.15, -0.1) is 0 Å². The molecule has 1 aliphatic rings. The van der Waals surface area contributed by atoms with Crippen LogP contribution in [0.2, 0.25) is 0 Å². The van der Waals surface area contributed by atoms with Gasteiger partial charge in [-0.2, -0.15) is 5.10 Å². The van der Waals surface area contributed by atoms with Crippen molar-refractivity contribution in [3.8, 4) is 11.5 Å². The number of benzene rings is 1. The molecule has 172 valence electrons. The number of ether oxygens (including phenoxy) is 3. The van der Waals surface area contributed by atoms with E-state index in [4.69, 9.17) is 14.2 Å². The van der Waals surface area contributed by atoms with E-state index >= 15 is 0 Å². The topological polar surface area (TPSA) is 140 Å². The fourth-order valence-electron chi connectivity index (χ4n) is 3.11. The molecular formula is C22H23N5O6. The minimum atomic E-state index is -0.751. The lowest BCUT2D eigenvalue weighted by Gasteiger charge is -2.28. The summed E-state index contributed by atoms with van der Waals surface area (Å²) in [6.45, 7) is 1.30. The second kappa shape index (κ2) is 10.8. The minimum Gasteiger partial charge on any atom is -0.493 e. The van der Waals surface area contributed by atoms with Crippen molar-refractivity contribution in [3.05, 3.63) is 65.1 Å². The summed E-state index contributed by atoms with van der Waals surface area (Å²) in [7, 11) is 2.70. The second-order valence-corrected chi connectivity index (χ2v) is 6.81. The van der Waals surface area contributed by atoms with Crippen LogP contribution in [0.4, 0.5) is 4.79 Å². The quantitative estimate of drug-likeness (QED) is 0.312. The third-order valence-corrected chi connectivity index (χ3v) is 4.63. The number of nitrogens with zero attached hydrogens (tertiary/aromatic N) is 2. The molecule has 1 aromatic heterocycles. The SMILES string of the molecule is COC(=O)C1=C(C)NC(=O)NC1c1ccc(OCC(=O)NN=Cc2ccccn2)c(OC)c1. The van der Waals surface area contributed by atoms with Crippen molar-refractivity contribution in [1.82, 2.24) is 21.0 Å². The molecule has 3 rings (SSSR count). The van der Waals surface area contributed by atoms with Gasteiger partial charge in [0.05, 0.1) is 37.7 Å². The zero-order valence-electron chi connectivity index (χ0n) is 18.2. The molecule has 0 fully saturated rings. The number of hydrogen-bond acceptors (Lipinski definition) is 8. The fourth-order valence-corrected chi connectivity index (χ4v) is 3.11. The Morgan fingerprint density at radius 3 is 2.73 bits per heavy atom. The number of allylic oxidation sites excluding steroid dienone is 1. The summed E-state index contributed by atoms with van der Waals surface area (Å²) in [5.74, 6) is -0.449. The van der Waals surface area contributed by atoms with Gasteiger partial charge in [0.25, 0.3) is 5.91 Å². The van der Waals surface area contributed by atoms with Gasteiger partial charge < -0.3 is 24.8 Å². The number of carbonyl (C=O) groups is 3. The highest BCUT2D eigenvalue weighted by Gasteiger charge is 2.32. The number of hydrogen-bond donors (Lipinski definition) is 3. The molecule has 1 atom stereocenters. The molecule has 0 saturated heterocycles. The van der Waals surface area contributed by atoms with E-state index < -0.39 is 23.9 Å². The van der Waals surface area contributed by atoms with Crippen molar-refractivity contribution in [2.75, 3.05) is 20.8 Å². The molecule has 33 heavy (non-hydrogen) atoms. The number of nitrogens with one attached hydrogen (secondary N) is 3. The highest BCUT2D eigenvalue weighted by atomic mass is 16.5. The van der Waals surface area contributed by atoms with E-state index in [9.17, 15) is 14.4 Å². The van der Waals surface area contributed by atoms with Crippen LogP contribution >= 0.6 is 0 Å². The number of hydrazone groups is 1. The molecule has 3 amide bonds. The lowest BCUT2D eigenvalue weighted by atomic mass is 9.95. The van der Waals surface area contributed by atoms with Crippen LogP contribution in [-0.4, -0.2) is 49.9 Å². The van der Waals surface area contributed by atoms with Crippen LogP contribution in [0.1, 0.15) is 24.2 Å². The predicted molar refractivity (Wildman–Crippen MR) is 118 cm³/mol. The molecule has 3 N–H and O–H groups in total. The van der Waals surface area contributed by atoms with Crippen molar-refractivity contribution < 1.29 is 28.6 Å². The number of carbonyl (C=O) groups excluding carboxylic acids is 3. The fraction of sp³-hybridized carbons (Fsp3) is 0.227. The van der Waals surface area contributed by atoms with Gasteiger partial charge in [0.15, 0.2) is 18.1 Å². The van der Waals surface area contributed by atoms with Crippen molar-refractivity contribution in [1.29, 1.82) is 0 Å². The van der Waals surface area contributed by atoms with Crippen LogP contribution in [0.15, 0.2) is 59.0 Å². The van der Waals surface area contributed by atoms with E-state index in [-0.39, 0.29) is 12.2 Å². The smallest absolute Gasteiger partial charge is 0.337 e. The lowest BCUT2D eigenvalue weighted by molar-refractivity contribution is -0.136. The van der Waals surface area contributed by atoms with Gasteiger partial charge in [-0.05, 0) is 36.8 Å². The maximum Gasteiger partial charge on any atom is 0.337 e. The summed E-state index contributed by atoms with van der Waals surface area (Å²) in [4.78, 5) is 40.3. The van der Waals surface area contributed by atoms with Crippen molar-refractivity contribution >= 4 is 24.1 Å². The number of aromatic nitrogens is 1. The van der Waals surface area contributed by atoms with Crippen LogP contribution in [0, 0.1) is 0 Å². The Labute approximate surface area is 189 Å². The molecule has 0 spiro atoms. The molecule has 1 aliphatic heterocycles. The first-order valence-corrected chi connectivity index (χ1v) is 9.83. The Bertz CT molecular complexity index is 1100. The van der Waals surface area contributed by atoms with Crippen molar-refractivity contribution in [2.45, 2.75) is 13.0 Å². The van der Waals surface area contributed by atoms with E-state index in [1.807, 2.05) is 0 Å². The number of amides is 3. The lowest BCUT2D eigenvalue weighted by Crippen LogP contribution is -2.45. The molecule has 0 aliphatic carbocycles.